The van der Waals surface area contributed by atoms with Gasteiger partial charge in [0.25, 0.3) is 0 Å². The molecule has 0 aliphatic rings. The maximum absolute atomic E-state index is 13.9. The van der Waals surface area contributed by atoms with Crippen LogP contribution in [0.15, 0.2) is 47.0 Å². The molecule has 0 aliphatic carbocycles. The molecule has 0 amide bonds. The standard InChI is InChI=1S/C16H10ClF2NO2/c17-12-6-2-1-4-9(12)15-11(8-21)16(22-20-15)10-5-3-7-13(18)14(10)19/h1-7,21H,8H2. The van der Waals surface area contributed by atoms with Crippen LogP contribution in [0.5, 0.6) is 0 Å². The minimum atomic E-state index is -1.06. The van der Waals surface area contributed by atoms with Crippen LogP contribution in [0.3, 0.4) is 0 Å². The first kappa shape index (κ1) is 14.7. The topological polar surface area (TPSA) is 46.3 Å². The first-order valence-electron chi connectivity index (χ1n) is 6.42. The number of nitrogens with zero attached hydrogens (tertiary/aromatic N) is 1. The normalized spacial score (nSPS) is 10.9. The van der Waals surface area contributed by atoms with Crippen molar-refractivity contribution < 1.29 is 18.4 Å². The maximum atomic E-state index is 13.9. The number of halogens is 3. The summed E-state index contributed by atoms with van der Waals surface area (Å²) in [5.41, 5.74) is 0.985. The van der Waals surface area contributed by atoms with E-state index in [-0.39, 0.29) is 16.9 Å². The number of rotatable bonds is 3. The van der Waals surface area contributed by atoms with Gasteiger partial charge in [0.05, 0.1) is 22.8 Å². The van der Waals surface area contributed by atoms with Crippen molar-refractivity contribution in [2.45, 2.75) is 6.61 Å². The second-order valence-electron chi connectivity index (χ2n) is 4.58. The van der Waals surface area contributed by atoms with Crippen LogP contribution in [0, 0.1) is 11.6 Å². The van der Waals surface area contributed by atoms with Gasteiger partial charge in [-0.05, 0) is 18.2 Å². The molecule has 3 aromatic rings. The Hall–Kier alpha value is -2.24. The molecule has 0 spiro atoms. The molecular formula is C16H10ClF2NO2. The Morgan fingerprint density at radius 2 is 1.77 bits per heavy atom. The van der Waals surface area contributed by atoms with Crippen molar-refractivity contribution in [2.75, 3.05) is 0 Å². The van der Waals surface area contributed by atoms with Crippen molar-refractivity contribution in [1.82, 2.24) is 5.16 Å². The number of benzene rings is 2. The summed E-state index contributed by atoms with van der Waals surface area (Å²) in [6.45, 7) is -0.449. The Balaban J connectivity index is 2.20. The lowest BCUT2D eigenvalue weighted by Gasteiger charge is -2.04. The average Bonchev–Trinajstić information content (AvgIpc) is 2.94. The minimum absolute atomic E-state index is 0.0191. The summed E-state index contributed by atoms with van der Waals surface area (Å²) in [4.78, 5) is 0. The van der Waals surface area contributed by atoms with Crippen molar-refractivity contribution in [1.29, 1.82) is 0 Å². The Labute approximate surface area is 129 Å². The molecule has 0 unspecified atom stereocenters. The number of aromatic nitrogens is 1. The van der Waals surface area contributed by atoms with Crippen molar-refractivity contribution in [2.24, 2.45) is 0 Å². The molecule has 0 bridgehead atoms. The zero-order valence-corrected chi connectivity index (χ0v) is 11.9. The van der Waals surface area contributed by atoms with Crippen LogP contribution in [-0.4, -0.2) is 10.3 Å². The van der Waals surface area contributed by atoms with Crippen LogP contribution in [0.25, 0.3) is 22.6 Å². The number of aliphatic hydroxyl groups is 1. The fraction of sp³-hybridized carbons (Fsp3) is 0.0625. The summed E-state index contributed by atoms with van der Waals surface area (Å²) >= 11 is 6.10. The van der Waals surface area contributed by atoms with Gasteiger partial charge in [0.1, 0.15) is 5.69 Å². The number of hydrogen-bond donors (Lipinski definition) is 1. The van der Waals surface area contributed by atoms with Crippen LogP contribution >= 0.6 is 11.6 Å². The molecule has 0 atom stereocenters. The maximum Gasteiger partial charge on any atom is 0.176 e. The Morgan fingerprint density at radius 1 is 1.05 bits per heavy atom. The Bertz CT molecular complexity index is 833. The molecule has 0 radical (unpaired) electrons. The number of hydrogen-bond acceptors (Lipinski definition) is 3. The van der Waals surface area contributed by atoms with E-state index in [1.165, 1.54) is 12.1 Å². The highest BCUT2D eigenvalue weighted by Gasteiger charge is 2.23. The highest BCUT2D eigenvalue weighted by molar-refractivity contribution is 6.33. The molecule has 3 rings (SSSR count). The van der Waals surface area contributed by atoms with Crippen LogP contribution in [0.2, 0.25) is 5.02 Å². The zero-order valence-electron chi connectivity index (χ0n) is 11.2. The van der Waals surface area contributed by atoms with E-state index >= 15 is 0 Å². The smallest absolute Gasteiger partial charge is 0.176 e. The second kappa shape index (κ2) is 5.87. The molecule has 3 nitrogen and oxygen atoms in total. The molecule has 1 heterocycles. The van der Waals surface area contributed by atoms with Gasteiger partial charge in [-0.25, -0.2) is 8.78 Å². The van der Waals surface area contributed by atoms with Gasteiger partial charge in [-0.15, -0.1) is 0 Å². The van der Waals surface area contributed by atoms with Gasteiger partial charge >= 0.3 is 0 Å². The SMILES string of the molecule is OCc1c(-c2ccccc2Cl)noc1-c1cccc(F)c1F. The van der Waals surface area contributed by atoms with Crippen molar-refractivity contribution in [3.8, 4) is 22.6 Å². The molecule has 0 saturated heterocycles. The fourth-order valence-corrected chi connectivity index (χ4v) is 2.44. The average molecular weight is 322 g/mol. The molecule has 0 aliphatic heterocycles. The van der Waals surface area contributed by atoms with Gasteiger partial charge in [0, 0.05) is 5.56 Å². The lowest BCUT2D eigenvalue weighted by molar-refractivity contribution is 0.281. The first-order valence-corrected chi connectivity index (χ1v) is 6.80. The van der Waals surface area contributed by atoms with E-state index in [1.54, 1.807) is 24.3 Å². The van der Waals surface area contributed by atoms with E-state index in [0.717, 1.165) is 6.07 Å². The van der Waals surface area contributed by atoms with Crippen LogP contribution in [-0.2, 0) is 6.61 Å². The Morgan fingerprint density at radius 3 is 2.50 bits per heavy atom. The zero-order chi connectivity index (χ0) is 15.7. The summed E-state index contributed by atoms with van der Waals surface area (Å²) in [6.07, 6.45) is 0. The molecule has 1 N–H and O–H groups in total. The highest BCUT2D eigenvalue weighted by atomic mass is 35.5. The van der Waals surface area contributed by atoms with Gasteiger partial charge in [0.15, 0.2) is 17.4 Å². The van der Waals surface area contributed by atoms with Crippen molar-refractivity contribution in [3.05, 3.63) is 64.7 Å². The fourth-order valence-electron chi connectivity index (χ4n) is 2.21. The molecule has 6 heteroatoms. The quantitative estimate of drug-likeness (QED) is 0.776. The summed E-state index contributed by atoms with van der Waals surface area (Å²) in [5.74, 6) is -2.08. The van der Waals surface area contributed by atoms with E-state index in [4.69, 9.17) is 16.1 Å². The highest BCUT2D eigenvalue weighted by Crippen LogP contribution is 2.36. The monoisotopic (exact) mass is 321 g/mol. The molecular weight excluding hydrogens is 312 g/mol. The summed E-state index contributed by atoms with van der Waals surface area (Å²) < 4.78 is 32.4. The third-order valence-electron chi connectivity index (χ3n) is 3.27. The van der Waals surface area contributed by atoms with Crippen molar-refractivity contribution >= 4 is 11.6 Å². The third kappa shape index (κ3) is 2.38. The lowest BCUT2D eigenvalue weighted by Crippen LogP contribution is -1.93. The first-order chi connectivity index (χ1) is 10.6. The molecule has 2 aromatic carbocycles. The number of aliphatic hydroxyl groups excluding tert-OH is 1. The van der Waals surface area contributed by atoms with Gasteiger partial charge in [-0.1, -0.05) is 41.0 Å². The van der Waals surface area contributed by atoms with Gasteiger partial charge in [-0.2, -0.15) is 0 Å². The van der Waals surface area contributed by atoms with Crippen molar-refractivity contribution in [3.63, 3.8) is 0 Å². The predicted molar refractivity (Wildman–Crippen MR) is 78.2 cm³/mol. The van der Waals surface area contributed by atoms with Gasteiger partial charge < -0.3 is 9.63 Å². The Kier molecular flexibility index (Phi) is 3.92. The van der Waals surface area contributed by atoms with Crippen LogP contribution in [0.1, 0.15) is 5.56 Å². The second-order valence-corrected chi connectivity index (χ2v) is 4.99. The third-order valence-corrected chi connectivity index (χ3v) is 3.60. The van der Waals surface area contributed by atoms with E-state index in [2.05, 4.69) is 5.16 Å². The summed E-state index contributed by atoms with van der Waals surface area (Å²) in [5, 5.41) is 13.9. The van der Waals surface area contributed by atoms with E-state index in [0.29, 0.717) is 16.3 Å². The van der Waals surface area contributed by atoms with Crippen LogP contribution < -0.4 is 0 Å². The lowest BCUT2D eigenvalue weighted by atomic mass is 10.0. The van der Waals surface area contributed by atoms with Gasteiger partial charge in [0.2, 0.25) is 0 Å². The summed E-state index contributed by atoms with van der Waals surface area (Å²) in [7, 11) is 0. The van der Waals surface area contributed by atoms with E-state index in [9.17, 15) is 13.9 Å². The predicted octanol–water partition coefficient (Wildman–Crippen LogP) is 4.43. The molecule has 1 aromatic heterocycles. The molecule has 0 fully saturated rings. The largest absolute Gasteiger partial charge is 0.391 e. The van der Waals surface area contributed by atoms with E-state index < -0.39 is 18.2 Å². The van der Waals surface area contributed by atoms with Gasteiger partial charge in [-0.3, -0.25) is 0 Å². The minimum Gasteiger partial charge on any atom is -0.391 e. The van der Waals surface area contributed by atoms with Crippen LogP contribution in [0.4, 0.5) is 8.78 Å². The molecule has 112 valence electrons. The molecule has 22 heavy (non-hydrogen) atoms. The van der Waals surface area contributed by atoms with E-state index in [1.807, 2.05) is 0 Å². The molecule has 0 saturated carbocycles. The summed E-state index contributed by atoms with van der Waals surface area (Å²) in [6, 6.07) is 10.6.